The van der Waals surface area contributed by atoms with Crippen LogP contribution >= 0.6 is 0 Å². The second-order valence-electron chi connectivity index (χ2n) is 12.7. The predicted octanol–water partition coefficient (Wildman–Crippen LogP) is 3.41. The van der Waals surface area contributed by atoms with E-state index in [0.717, 1.165) is 18.4 Å². The molecule has 0 aromatic heterocycles. The van der Waals surface area contributed by atoms with Gasteiger partial charge in [0.1, 0.15) is 23.7 Å². The third-order valence-electron chi connectivity index (χ3n) is 9.86. The van der Waals surface area contributed by atoms with Crippen LogP contribution in [0.2, 0.25) is 0 Å². The molecule has 1 spiro atoms. The number of aliphatic hydroxyl groups excluding tert-OH is 1. The summed E-state index contributed by atoms with van der Waals surface area (Å²) in [6.07, 6.45) is 10.4. The fourth-order valence-electron chi connectivity index (χ4n) is 7.27. The summed E-state index contributed by atoms with van der Waals surface area (Å²) in [5.41, 5.74) is -0.532. The Bertz CT molecular complexity index is 1300. The number of carbonyl (C=O) groups excluding carboxylic acids is 4. The summed E-state index contributed by atoms with van der Waals surface area (Å²) in [5, 5.41) is 9.32. The van der Waals surface area contributed by atoms with Crippen LogP contribution in [-0.4, -0.2) is 101 Å². The SMILES string of the molecule is CCCCN1C/C=C\CCC(=O)N(C)[C@H](C)[C@@H](c2ccccc2)OC(=O)[C@@H]2[C@@H]3C=C[C@]4(O3)[C@H](C1=O)N(CCCCCO)C(=O)[C@@H]24. The highest BCUT2D eigenvalue weighted by atomic mass is 16.6. The lowest BCUT2D eigenvalue weighted by Gasteiger charge is -2.36. The minimum atomic E-state index is -1.28. The molecule has 5 rings (SSSR count). The smallest absolute Gasteiger partial charge is 0.313 e. The summed E-state index contributed by atoms with van der Waals surface area (Å²) in [6, 6.07) is 7.93. The van der Waals surface area contributed by atoms with E-state index >= 15 is 0 Å². The van der Waals surface area contributed by atoms with E-state index in [1.165, 1.54) is 0 Å². The molecule has 2 fully saturated rings. The lowest BCUT2D eigenvalue weighted by atomic mass is 9.74. The Morgan fingerprint density at radius 1 is 0.978 bits per heavy atom. The largest absolute Gasteiger partial charge is 0.455 e. The Morgan fingerprint density at radius 3 is 2.49 bits per heavy atom. The molecule has 0 aliphatic carbocycles. The lowest BCUT2D eigenvalue weighted by molar-refractivity contribution is -0.164. The molecule has 1 N–H and O–H groups in total. The standard InChI is InChI=1S/C35H47N3O7/c1-4-5-20-37-21-12-7-11-17-27(40)36(3)24(2)30(25-15-9-6-10-16-25)44-34(43)28-26-18-19-35(45-26)29(28)32(41)38(31(35)33(37)42)22-13-8-14-23-39/h6-7,9-10,12,15-16,18-19,24,26,28-31,39H,4-5,8,11,13-14,17,20-23H2,1-3H3/b12-7-/t24-,26+,28-,29-,30+,31+,35-/m1/s1. The van der Waals surface area contributed by atoms with Crippen molar-refractivity contribution in [2.45, 2.75) is 88.7 Å². The number of aliphatic hydroxyl groups is 1. The van der Waals surface area contributed by atoms with E-state index in [1.807, 2.05) is 55.5 Å². The van der Waals surface area contributed by atoms with Gasteiger partial charge in [-0.25, -0.2) is 0 Å². The first-order chi connectivity index (χ1) is 21.7. The normalized spacial score (nSPS) is 32.8. The van der Waals surface area contributed by atoms with Gasteiger partial charge < -0.3 is 29.3 Å². The average molecular weight is 622 g/mol. The molecule has 7 atom stereocenters. The van der Waals surface area contributed by atoms with Gasteiger partial charge in [0, 0.05) is 39.7 Å². The maximum Gasteiger partial charge on any atom is 0.313 e. The van der Waals surface area contributed by atoms with Gasteiger partial charge in [-0.2, -0.15) is 0 Å². The highest BCUT2D eigenvalue weighted by Gasteiger charge is 2.73. The number of likely N-dealkylation sites (N-methyl/N-ethyl adjacent to an activating group) is 1. The minimum absolute atomic E-state index is 0.0588. The van der Waals surface area contributed by atoms with Crippen LogP contribution in [0.15, 0.2) is 54.6 Å². The molecule has 4 aliphatic heterocycles. The van der Waals surface area contributed by atoms with Gasteiger partial charge in [-0.1, -0.05) is 68.0 Å². The van der Waals surface area contributed by atoms with Gasteiger partial charge >= 0.3 is 5.97 Å². The van der Waals surface area contributed by atoms with Crippen LogP contribution in [0.3, 0.4) is 0 Å². The summed E-state index contributed by atoms with van der Waals surface area (Å²) < 4.78 is 12.8. The number of nitrogens with zero attached hydrogens (tertiary/aromatic N) is 3. The molecule has 0 unspecified atom stereocenters. The van der Waals surface area contributed by atoms with E-state index in [2.05, 4.69) is 6.92 Å². The molecule has 5 bridgehead atoms. The molecule has 1 aromatic carbocycles. The highest BCUT2D eigenvalue weighted by Crippen LogP contribution is 2.56. The molecule has 45 heavy (non-hydrogen) atoms. The Labute approximate surface area is 266 Å². The Morgan fingerprint density at radius 2 is 1.76 bits per heavy atom. The van der Waals surface area contributed by atoms with Crippen molar-refractivity contribution in [1.29, 1.82) is 0 Å². The zero-order chi connectivity index (χ0) is 32.1. The van der Waals surface area contributed by atoms with Gasteiger partial charge in [0.15, 0.2) is 0 Å². The van der Waals surface area contributed by atoms with E-state index in [4.69, 9.17) is 9.47 Å². The van der Waals surface area contributed by atoms with Gasteiger partial charge in [0.05, 0.1) is 18.1 Å². The Balaban J connectivity index is 1.56. The van der Waals surface area contributed by atoms with Crippen LogP contribution in [0.5, 0.6) is 0 Å². The zero-order valence-corrected chi connectivity index (χ0v) is 26.7. The van der Waals surface area contributed by atoms with E-state index in [0.29, 0.717) is 45.3 Å². The fraction of sp³-hybridized carbons (Fsp3) is 0.600. The van der Waals surface area contributed by atoms with Crippen LogP contribution in [0.25, 0.3) is 0 Å². The van der Waals surface area contributed by atoms with E-state index in [-0.39, 0.29) is 30.7 Å². The molecule has 4 aliphatic rings. The number of hydrogen-bond acceptors (Lipinski definition) is 7. The number of esters is 1. The zero-order valence-electron chi connectivity index (χ0n) is 26.7. The molecular formula is C35H47N3O7. The number of unbranched alkanes of at least 4 members (excludes halogenated alkanes) is 3. The van der Waals surface area contributed by atoms with Crippen molar-refractivity contribution in [2.24, 2.45) is 11.8 Å². The quantitative estimate of drug-likeness (QED) is 0.255. The Kier molecular flexibility index (Phi) is 10.4. The Hall–Kier alpha value is -3.50. The molecule has 10 heteroatoms. The third kappa shape index (κ3) is 6.31. The minimum Gasteiger partial charge on any atom is -0.455 e. The third-order valence-corrected chi connectivity index (χ3v) is 9.86. The monoisotopic (exact) mass is 621 g/mol. The van der Waals surface area contributed by atoms with Crippen molar-refractivity contribution in [3.8, 4) is 0 Å². The van der Waals surface area contributed by atoms with Crippen molar-refractivity contribution in [3.63, 3.8) is 0 Å². The number of fused-ring (bicyclic) bond motifs is 2. The lowest BCUT2D eigenvalue weighted by Crippen LogP contribution is -2.56. The van der Waals surface area contributed by atoms with E-state index < -0.39 is 47.7 Å². The number of allylic oxidation sites excluding steroid dienone is 1. The average Bonchev–Trinajstić information content (AvgIpc) is 3.69. The van der Waals surface area contributed by atoms with E-state index in [1.54, 1.807) is 27.8 Å². The van der Waals surface area contributed by atoms with E-state index in [9.17, 15) is 24.3 Å². The molecule has 0 radical (unpaired) electrons. The van der Waals surface area contributed by atoms with Crippen molar-refractivity contribution < 1.29 is 33.8 Å². The first kappa shape index (κ1) is 32.9. The summed E-state index contributed by atoms with van der Waals surface area (Å²) in [5.74, 6) is -2.98. The molecule has 1 aromatic rings. The number of benzene rings is 1. The summed E-state index contributed by atoms with van der Waals surface area (Å²) in [7, 11) is 1.72. The van der Waals surface area contributed by atoms with Crippen molar-refractivity contribution in [3.05, 3.63) is 60.2 Å². The van der Waals surface area contributed by atoms with Gasteiger partial charge in [-0.05, 0) is 44.6 Å². The molecule has 0 saturated carbocycles. The molecule has 3 amide bonds. The topological polar surface area (TPSA) is 117 Å². The summed E-state index contributed by atoms with van der Waals surface area (Å²) in [6.45, 7) is 5.17. The summed E-state index contributed by atoms with van der Waals surface area (Å²) in [4.78, 5) is 61.3. The number of likely N-dealkylation sites (tertiary alicyclic amines) is 1. The number of amides is 3. The highest BCUT2D eigenvalue weighted by molar-refractivity contribution is 5.99. The second kappa shape index (κ2) is 14.3. The molecule has 10 nitrogen and oxygen atoms in total. The van der Waals surface area contributed by atoms with Gasteiger partial charge in [0.25, 0.3) is 0 Å². The maximum atomic E-state index is 14.5. The first-order valence-corrected chi connectivity index (χ1v) is 16.5. The fourth-order valence-corrected chi connectivity index (χ4v) is 7.27. The molecule has 2 saturated heterocycles. The summed E-state index contributed by atoms with van der Waals surface area (Å²) >= 11 is 0. The number of hydrogen-bond donors (Lipinski definition) is 1. The molecule has 4 heterocycles. The van der Waals surface area contributed by atoms with Gasteiger partial charge in [-0.3, -0.25) is 19.2 Å². The molecule has 244 valence electrons. The van der Waals surface area contributed by atoms with Crippen molar-refractivity contribution >= 4 is 23.7 Å². The first-order valence-electron chi connectivity index (χ1n) is 16.5. The van der Waals surface area contributed by atoms with Crippen molar-refractivity contribution in [1.82, 2.24) is 14.7 Å². The second-order valence-corrected chi connectivity index (χ2v) is 12.7. The van der Waals surface area contributed by atoms with Gasteiger partial charge in [0.2, 0.25) is 17.7 Å². The van der Waals surface area contributed by atoms with Gasteiger partial charge in [-0.15, -0.1) is 0 Å². The molecular weight excluding hydrogens is 574 g/mol. The van der Waals surface area contributed by atoms with Crippen LogP contribution in [0, 0.1) is 11.8 Å². The predicted molar refractivity (Wildman–Crippen MR) is 168 cm³/mol. The van der Waals surface area contributed by atoms with Crippen molar-refractivity contribution in [2.75, 3.05) is 33.3 Å². The number of carbonyl (C=O) groups is 4. The van der Waals surface area contributed by atoms with Crippen LogP contribution in [0.1, 0.15) is 70.5 Å². The number of rotatable bonds is 9. The number of ether oxygens (including phenoxy) is 2. The van der Waals surface area contributed by atoms with Crippen LogP contribution < -0.4 is 0 Å². The maximum absolute atomic E-state index is 14.5. The van der Waals surface area contributed by atoms with Crippen LogP contribution in [-0.2, 0) is 28.7 Å². The van der Waals surface area contributed by atoms with Crippen LogP contribution in [0.4, 0.5) is 0 Å². The number of cyclic esters (lactones) is 1.